The molecule has 0 amide bonds. The van der Waals surface area contributed by atoms with E-state index in [1.807, 2.05) is 6.07 Å². The Bertz CT molecular complexity index is 485. The summed E-state index contributed by atoms with van der Waals surface area (Å²) in [5.74, 6) is -0.0625. The third-order valence-electron chi connectivity index (χ3n) is 1.92. The molecule has 0 aliphatic carbocycles. The standard InChI is InChI=1S/C11H8O3/c12-9-6-7-14-11(13)10(9)8-4-2-1-3-5-8/h1-7,12H. The van der Waals surface area contributed by atoms with Crippen LogP contribution in [-0.2, 0) is 0 Å². The van der Waals surface area contributed by atoms with Crippen molar-refractivity contribution in [1.29, 1.82) is 0 Å². The summed E-state index contributed by atoms with van der Waals surface area (Å²) in [6, 6.07) is 10.3. The van der Waals surface area contributed by atoms with Crippen LogP contribution in [0.15, 0.2) is 51.9 Å². The topological polar surface area (TPSA) is 50.4 Å². The molecule has 1 aromatic carbocycles. The van der Waals surface area contributed by atoms with E-state index >= 15 is 0 Å². The van der Waals surface area contributed by atoms with Crippen LogP contribution in [0.4, 0.5) is 0 Å². The highest BCUT2D eigenvalue weighted by Crippen LogP contribution is 2.24. The van der Waals surface area contributed by atoms with Gasteiger partial charge in [0, 0.05) is 6.07 Å². The second kappa shape index (κ2) is 3.38. The lowest BCUT2D eigenvalue weighted by Gasteiger charge is -2.00. The van der Waals surface area contributed by atoms with Crippen molar-refractivity contribution in [2.75, 3.05) is 0 Å². The minimum atomic E-state index is -0.531. The first-order valence-corrected chi connectivity index (χ1v) is 4.15. The third-order valence-corrected chi connectivity index (χ3v) is 1.92. The number of benzene rings is 1. The van der Waals surface area contributed by atoms with Gasteiger partial charge in [-0.25, -0.2) is 4.79 Å². The largest absolute Gasteiger partial charge is 0.507 e. The molecule has 1 heterocycles. The summed E-state index contributed by atoms with van der Waals surface area (Å²) in [4.78, 5) is 11.3. The molecule has 1 aromatic heterocycles. The summed E-state index contributed by atoms with van der Waals surface area (Å²) in [7, 11) is 0. The van der Waals surface area contributed by atoms with E-state index in [9.17, 15) is 9.90 Å². The highest BCUT2D eigenvalue weighted by molar-refractivity contribution is 5.67. The van der Waals surface area contributed by atoms with Crippen LogP contribution in [0.25, 0.3) is 11.1 Å². The predicted molar refractivity (Wildman–Crippen MR) is 52.1 cm³/mol. The van der Waals surface area contributed by atoms with E-state index in [1.54, 1.807) is 24.3 Å². The molecule has 0 bridgehead atoms. The molecule has 0 saturated heterocycles. The molecular weight excluding hydrogens is 180 g/mol. The average molecular weight is 188 g/mol. The maximum Gasteiger partial charge on any atom is 0.347 e. The fraction of sp³-hybridized carbons (Fsp3) is 0. The van der Waals surface area contributed by atoms with Crippen LogP contribution < -0.4 is 5.63 Å². The molecule has 0 fully saturated rings. The average Bonchev–Trinajstić information content (AvgIpc) is 2.19. The van der Waals surface area contributed by atoms with Crippen molar-refractivity contribution >= 4 is 0 Å². The zero-order valence-electron chi connectivity index (χ0n) is 7.31. The molecule has 3 heteroatoms. The van der Waals surface area contributed by atoms with Gasteiger partial charge in [-0.2, -0.15) is 0 Å². The Balaban J connectivity index is 2.69. The molecule has 0 unspecified atom stereocenters. The molecule has 1 N–H and O–H groups in total. The van der Waals surface area contributed by atoms with E-state index < -0.39 is 5.63 Å². The minimum Gasteiger partial charge on any atom is -0.507 e. The van der Waals surface area contributed by atoms with Crippen molar-refractivity contribution in [2.24, 2.45) is 0 Å². The smallest absolute Gasteiger partial charge is 0.347 e. The number of aromatic hydroxyl groups is 1. The number of hydrogen-bond acceptors (Lipinski definition) is 3. The number of hydrogen-bond donors (Lipinski definition) is 1. The fourth-order valence-electron chi connectivity index (χ4n) is 1.28. The summed E-state index contributed by atoms with van der Waals surface area (Å²) >= 11 is 0. The van der Waals surface area contributed by atoms with Gasteiger partial charge >= 0.3 is 5.63 Å². The van der Waals surface area contributed by atoms with Crippen LogP contribution in [0.3, 0.4) is 0 Å². The van der Waals surface area contributed by atoms with E-state index in [1.165, 1.54) is 12.3 Å². The second-order valence-corrected chi connectivity index (χ2v) is 2.83. The van der Waals surface area contributed by atoms with Gasteiger partial charge in [0.25, 0.3) is 0 Å². The van der Waals surface area contributed by atoms with Crippen molar-refractivity contribution < 1.29 is 9.52 Å². The van der Waals surface area contributed by atoms with Crippen molar-refractivity contribution in [2.45, 2.75) is 0 Å². The Kier molecular flexibility index (Phi) is 2.07. The van der Waals surface area contributed by atoms with Crippen molar-refractivity contribution in [1.82, 2.24) is 0 Å². The van der Waals surface area contributed by atoms with Gasteiger partial charge in [-0.3, -0.25) is 0 Å². The molecule has 0 aliphatic rings. The zero-order valence-corrected chi connectivity index (χ0v) is 7.31. The molecular formula is C11H8O3. The van der Waals surface area contributed by atoms with Gasteiger partial charge in [-0.1, -0.05) is 30.3 Å². The van der Waals surface area contributed by atoms with Gasteiger partial charge < -0.3 is 9.52 Å². The first-order valence-electron chi connectivity index (χ1n) is 4.15. The lowest BCUT2D eigenvalue weighted by atomic mass is 10.1. The molecule has 0 aliphatic heterocycles. The Labute approximate surface area is 80.2 Å². The molecule has 0 saturated carbocycles. The Hall–Kier alpha value is -2.03. The third kappa shape index (κ3) is 1.40. The van der Waals surface area contributed by atoms with Gasteiger partial charge in [0.2, 0.25) is 0 Å². The van der Waals surface area contributed by atoms with Crippen LogP contribution in [0.2, 0.25) is 0 Å². The molecule has 2 aromatic rings. The Morgan fingerprint density at radius 2 is 1.79 bits per heavy atom. The Morgan fingerprint density at radius 1 is 1.07 bits per heavy atom. The van der Waals surface area contributed by atoms with Crippen LogP contribution in [-0.4, -0.2) is 5.11 Å². The maximum atomic E-state index is 11.3. The summed E-state index contributed by atoms with van der Waals surface area (Å²) in [5.41, 5.74) is 0.323. The molecule has 0 atom stereocenters. The van der Waals surface area contributed by atoms with Crippen LogP contribution in [0.5, 0.6) is 5.75 Å². The summed E-state index contributed by atoms with van der Waals surface area (Å²) < 4.78 is 4.68. The summed E-state index contributed by atoms with van der Waals surface area (Å²) in [6.07, 6.45) is 1.17. The summed E-state index contributed by atoms with van der Waals surface area (Å²) in [5, 5.41) is 9.48. The van der Waals surface area contributed by atoms with E-state index in [0.717, 1.165) is 0 Å². The van der Waals surface area contributed by atoms with Crippen LogP contribution >= 0.6 is 0 Å². The zero-order chi connectivity index (χ0) is 9.97. The summed E-state index contributed by atoms with van der Waals surface area (Å²) in [6.45, 7) is 0. The highest BCUT2D eigenvalue weighted by Gasteiger charge is 2.08. The first-order chi connectivity index (χ1) is 6.79. The molecule has 0 spiro atoms. The maximum absolute atomic E-state index is 11.3. The second-order valence-electron chi connectivity index (χ2n) is 2.83. The van der Waals surface area contributed by atoms with E-state index in [4.69, 9.17) is 0 Å². The lowest BCUT2D eigenvalue weighted by Crippen LogP contribution is -2.01. The van der Waals surface area contributed by atoms with E-state index in [-0.39, 0.29) is 11.3 Å². The van der Waals surface area contributed by atoms with Gasteiger partial charge in [-0.05, 0) is 5.56 Å². The minimum absolute atomic E-state index is 0.0625. The highest BCUT2D eigenvalue weighted by atomic mass is 16.4. The number of rotatable bonds is 1. The van der Waals surface area contributed by atoms with Crippen molar-refractivity contribution in [3.63, 3.8) is 0 Å². The van der Waals surface area contributed by atoms with Crippen LogP contribution in [0.1, 0.15) is 0 Å². The lowest BCUT2D eigenvalue weighted by molar-refractivity contribution is 0.451. The van der Waals surface area contributed by atoms with Gasteiger partial charge in [0.15, 0.2) is 0 Å². The molecule has 3 nitrogen and oxygen atoms in total. The molecule has 2 rings (SSSR count). The molecule has 70 valence electrons. The predicted octanol–water partition coefficient (Wildman–Crippen LogP) is 2.01. The van der Waals surface area contributed by atoms with Crippen molar-refractivity contribution in [3.05, 3.63) is 53.1 Å². The quantitative estimate of drug-likeness (QED) is 0.744. The monoisotopic (exact) mass is 188 g/mol. The fourth-order valence-corrected chi connectivity index (χ4v) is 1.28. The normalized spacial score (nSPS) is 10.0. The van der Waals surface area contributed by atoms with Gasteiger partial charge in [-0.15, -0.1) is 0 Å². The van der Waals surface area contributed by atoms with E-state index in [0.29, 0.717) is 5.56 Å². The SMILES string of the molecule is O=c1occc(O)c1-c1ccccc1. The molecule has 0 radical (unpaired) electrons. The molecule has 14 heavy (non-hydrogen) atoms. The van der Waals surface area contributed by atoms with Gasteiger partial charge in [0.05, 0.1) is 6.26 Å². The van der Waals surface area contributed by atoms with E-state index in [2.05, 4.69) is 4.42 Å². The van der Waals surface area contributed by atoms with Gasteiger partial charge in [0.1, 0.15) is 11.3 Å². The van der Waals surface area contributed by atoms with Crippen molar-refractivity contribution in [3.8, 4) is 16.9 Å². The Morgan fingerprint density at radius 3 is 2.43 bits per heavy atom. The van der Waals surface area contributed by atoms with Crippen LogP contribution in [0, 0.1) is 0 Å². The first kappa shape index (κ1) is 8.56.